The van der Waals surface area contributed by atoms with Crippen LogP contribution in [0.1, 0.15) is 0 Å². The normalized spacial score (nSPS) is 10.4. The molecule has 3 rings (SSSR count). The Labute approximate surface area is 98.4 Å². The number of nitrogens with zero attached hydrogens (tertiary/aromatic N) is 3. The number of hydrogen-bond acceptors (Lipinski definition) is 3. The van der Waals surface area contributed by atoms with E-state index in [0.29, 0.717) is 0 Å². The Kier molecular flexibility index (Phi) is 2.38. The number of nitrogens with one attached hydrogen (secondary N) is 1. The van der Waals surface area contributed by atoms with Gasteiger partial charge in [-0.1, -0.05) is 6.07 Å². The van der Waals surface area contributed by atoms with E-state index in [1.54, 1.807) is 18.6 Å². The third-order valence-electron chi connectivity index (χ3n) is 2.49. The van der Waals surface area contributed by atoms with Crippen LogP contribution in [0.15, 0.2) is 55.0 Å². The third kappa shape index (κ3) is 1.92. The zero-order valence-electron chi connectivity index (χ0n) is 9.04. The molecule has 0 unspecified atom stereocenters. The summed E-state index contributed by atoms with van der Waals surface area (Å²) in [4.78, 5) is 8.26. The van der Waals surface area contributed by atoms with Gasteiger partial charge in [-0.15, -0.1) is 0 Å². The van der Waals surface area contributed by atoms with Crippen LogP contribution in [0.2, 0.25) is 0 Å². The predicted octanol–water partition coefficient (Wildman–Crippen LogP) is 2.53. The average molecular weight is 222 g/mol. The zero-order valence-corrected chi connectivity index (χ0v) is 9.04. The Morgan fingerprint density at radius 1 is 0.882 bits per heavy atom. The van der Waals surface area contributed by atoms with Crippen LogP contribution in [0.3, 0.4) is 0 Å². The summed E-state index contributed by atoms with van der Waals surface area (Å²) in [7, 11) is 0. The van der Waals surface area contributed by atoms with Gasteiger partial charge in [0, 0.05) is 24.2 Å². The fourth-order valence-corrected chi connectivity index (χ4v) is 1.65. The fourth-order valence-electron chi connectivity index (χ4n) is 1.65. The molecule has 0 spiro atoms. The van der Waals surface area contributed by atoms with Crippen molar-refractivity contribution in [3.05, 3.63) is 55.0 Å². The number of aromatic nitrogens is 4. The smallest absolute Gasteiger partial charge is 0.0928 e. The number of aromatic amines is 1. The van der Waals surface area contributed by atoms with Gasteiger partial charge in [-0.05, 0) is 30.3 Å². The number of rotatable bonds is 2. The molecule has 0 aliphatic heterocycles. The average Bonchev–Trinajstić information content (AvgIpc) is 2.90. The van der Waals surface area contributed by atoms with Crippen LogP contribution >= 0.6 is 0 Å². The lowest BCUT2D eigenvalue weighted by atomic mass is 10.2. The molecule has 0 aliphatic rings. The van der Waals surface area contributed by atoms with Crippen molar-refractivity contribution in [2.45, 2.75) is 0 Å². The predicted molar refractivity (Wildman–Crippen MR) is 65.0 cm³/mol. The largest absolute Gasteiger partial charge is 0.276 e. The van der Waals surface area contributed by atoms with Crippen LogP contribution in [-0.2, 0) is 0 Å². The Morgan fingerprint density at radius 2 is 1.76 bits per heavy atom. The van der Waals surface area contributed by atoms with Crippen LogP contribution < -0.4 is 0 Å². The van der Waals surface area contributed by atoms with E-state index in [1.807, 2.05) is 36.4 Å². The molecule has 3 aromatic heterocycles. The van der Waals surface area contributed by atoms with Gasteiger partial charge in [-0.2, -0.15) is 5.10 Å². The van der Waals surface area contributed by atoms with E-state index >= 15 is 0 Å². The molecule has 0 fully saturated rings. The van der Waals surface area contributed by atoms with Gasteiger partial charge >= 0.3 is 0 Å². The summed E-state index contributed by atoms with van der Waals surface area (Å²) in [6.07, 6.45) is 5.27. The van der Waals surface area contributed by atoms with Crippen LogP contribution in [0.4, 0.5) is 0 Å². The van der Waals surface area contributed by atoms with Crippen LogP contribution in [0.25, 0.3) is 22.6 Å². The van der Waals surface area contributed by atoms with Crippen molar-refractivity contribution in [1.82, 2.24) is 20.2 Å². The van der Waals surface area contributed by atoms with E-state index in [4.69, 9.17) is 0 Å². The van der Waals surface area contributed by atoms with Gasteiger partial charge in [-0.25, -0.2) is 0 Å². The summed E-state index contributed by atoms with van der Waals surface area (Å²) in [5, 5.41) is 7.26. The molecule has 0 aromatic carbocycles. The molecule has 0 saturated carbocycles. The summed E-state index contributed by atoms with van der Waals surface area (Å²) < 4.78 is 0. The van der Waals surface area contributed by atoms with Gasteiger partial charge in [0.25, 0.3) is 0 Å². The van der Waals surface area contributed by atoms with Gasteiger partial charge < -0.3 is 0 Å². The molecule has 4 heteroatoms. The first-order valence-corrected chi connectivity index (χ1v) is 5.31. The second-order valence-corrected chi connectivity index (χ2v) is 3.62. The van der Waals surface area contributed by atoms with E-state index in [2.05, 4.69) is 20.2 Å². The van der Waals surface area contributed by atoms with E-state index in [9.17, 15) is 0 Å². The maximum atomic E-state index is 4.27. The lowest BCUT2D eigenvalue weighted by molar-refractivity contribution is 1.09. The van der Waals surface area contributed by atoms with E-state index < -0.39 is 0 Å². The van der Waals surface area contributed by atoms with E-state index in [1.165, 1.54) is 0 Å². The van der Waals surface area contributed by atoms with Crippen LogP contribution in [0, 0.1) is 0 Å². The molecule has 3 heterocycles. The standard InChI is InChI=1S/C13H10N4/c1-2-6-15-11(3-1)13-9-12(16-17-13)10-4-7-14-8-5-10/h1-9H,(H,16,17). The first-order valence-electron chi connectivity index (χ1n) is 5.31. The van der Waals surface area contributed by atoms with Crippen molar-refractivity contribution in [2.24, 2.45) is 0 Å². The van der Waals surface area contributed by atoms with Gasteiger partial charge in [0.05, 0.1) is 17.1 Å². The highest BCUT2D eigenvalue weighted by Gasteiger charge is 2.05. The molecule has 3 aromatic rings. The minimum Gasteiger partial charge on any atom is -0.276 e. The third-order valence-corrected chi connectivity index (χ3v) is 2.49. The monoisotopic (exact) mass is 222 g/mol. The van der Waals surface area contributed by atoms with Crippen molar-refractivity contribution >= 4 is 0 Å². The maximum absolute atomic E-state index is 4.27. The highest BCUT2D eigenvalue weighted by atomic mass is 15.1. The van der Waals surface area contributed by atoms with Gasteiger partial charge in [0.15, 0.2) is 0 Å². The number of pyridine rings is 2. The molecule has 1 N–H and O–H groups in total. The van der Waals surface area contributed by atoms with Crippen molar-refractivity contribution in [2.75, 3.05) is 0 Å². The molecule has 82 valence electrons. The van der Waals surface area contributed by atoms with Crippen LogP contribution in [0.5, 0.6) is 0 Å². The molecule has 0 saturated heterocycles. The highest BCUT2D eigenvalue weighted by Crippen LogP contribution is 2.21. The summed E-state index contributed by atoms with van der Waals surface area (Å²) in [5.74, 6) is 0. The van der Waals surface area contributed by atoms with Crippen LogP contribution in [-0.4, -0.2) is 20.2 Å². The molecular weight excluding hydrogens is 212 g/mol. The van der Waals surface area contributed by atoms with Crippen molar-refractivity contribution in [1.29, 1.82) is 0 Å². The summed E-state index contributed by atoms with van der Waals surface area (Å²) in [5.41, 5.74) is 3.74. The first-order chi connectivity index (χ1) is 8.43. The van der Waals surface area contributed by atoms with Gasteiger partial charge in [-0.3, -0.25) is 15.1 Å². The molecule has 0 amide bonds. The first kappa shape index (κ1) is 9.72. The molecular formula is C13H10N4. The quantitative estimate of drug-likeness (QED) is 0.724. The van der Waals surface area contributed by atoms with Crippen molar-refractivity contribution in [3.63, 3.8) is 0 Å². The Bertz CT molecular complexity index is 548. The maximum Gasteiger partial charge on any atom is 0.0928 e. The summed E-state index contributed by atoms with van der Waals surface area (Å²) in [6.45, 7) is 0. The lowest BCUT2D eigenvalue weighted by Gasteiger charge is -1.93. The minimum absolute atomic E-state index is 0.889. The van der Waals surface area contributed by atoms with Crippen molar-refractivity contribution < 1.29 is 0 Å². The van der Waals surface area contributed by atoms with E-state index in [0.717, 1.165) is 22.6 Å². The number of H-pyrrole nitrogens is 1. The SMILES string of the molecule is c1ccc(-c2cc(-c3ccncc3)n[nH]2)nc1. The van der Waals surface area contributed by atoms with Gasteiger partial charge in [0.2, 0.25) is 0 Å². The second kappa shape index (κ2) is 4.17. The molecule has 4 nitrogen and oxygen atoms in total. The lowest BCUT2D eigenvalue weighted by Crippen LogP contribution is -1.80. The highest BCUT2D eigenvalue weighted by molar-refractivity contribution is 5.65. The van der Waals surface area contributed by atoms with E-state index in [-0.39, 0.29) is 0 Å². The Balaban J connectivity index is 1.99. The summed E-state index contributed by atoms with van der Waals surface area (Å²) in [6, 6.07) is 11.6. The molecule has 0 aliphatic carbocycles. The molecule has 17 heavy (non-hydrogen) atoms. The Morgan fingerprint density at radius 3 is 2.53 bits per heavy atom. The molecule has 0 radical (unpaired) electrons. The number of hydrogen-bond donors (Lipinski definition) is 1. The second-order valence-electron chi connectivity index (χ2n) is 3.62. The Hall–Kier alpha value is -2.49. The molecule has 0 bridgehead atoms. The van der Waals surface area contributed by atoms with Crippen molar-refractivity contribution in [3.8, 4) is 22.6 Å². The fraction of sp³-hybridized carbons (Fsp3) is 0. The summed E-state index contributed by atoms with van der Waals surface area (Å²) >= 11 is 0. The van der Waals surface area contributed by atoms with Gasteiger partial charge in [0.1, 0.15) is 0 Å². The zero-order chi connectivity index (χ0) is 11.5. The topological polar surface area (TPSA) is 54.5 Å². The minimum atomic E-state index is 0.889. The molecule has 0 atom stereocenters.